The number of nitrogens with zero attached hydrogens (tertiary/aromatic N) is 2. The number of hydrogen-bond acceptors (Lipinski definition) is 6. The average Bonchev–Trinajstić information content (AvgIpc) is 3.09. The van der Waals surface area contributed by atoms with Crippen molar-refractivity contribution in [1.29, 1.82) is 0 Å². The summed E-state index contributed by atoms with van der Waals surface area (Å²) in [5.41, 5.74) is 4.88. The molecular weight excluding hydrogens is 456 g/mol. The number of nitrogens with one attached hydrogen (secondary N) is 2. The van der Waals surface area contributed by atoms with E-state index in [4.69, 9.17) is 9.47 Å². The molecule has 8 heteroatoms. The summed E-state index contributed by atoms with van der Waals surface area (Å²) in [6.45, 7) is 4.03. The number of rotatable bonds is 4. The standard InChI is InChI=1S/C28H28N4O4/c1-17-3-9-21-22(15-17)26(30-31-27(21)33)18-4-7-20(8-5-18)32-12-11-23(28(32)34)29-19-6-10-24-25(16-19)36-14-2-13-35-24/h3-10,16-17,23,29H,2,11-15H2,1H3,(H,31,33). The van der Waals surface area contributed by atoms with Gasteiger partial charge in [-0.05, 0) is 48.6 Å². The first kappa shape index (κ1) is 22.4. The van der Waals surface area contributed by atoms with Crippen LogP contribution in [0, 0.1) is 5.92 Å². The third-order valence-electron chi connectivity index (χ3n) is 6.99. The number of aromatic nitrogens is 2. The van der Waals surface area contributed by atoms with Crippen molar-refractivity contribution in [3.8, 4) is 22.8 Å². The molecule has 3 heterocycles. The van der Waals surface area contributed by atoms with Crippen molar-refractivity contribution in [3.63, 3.8) is 0 Å². The second-order valence-electron chi connectivity index (χ2n) is 9.57. The molecule has 0 spiro atoms. The predicted octanol–water partition coefficient (Wildman–Crippen LogP) is 4.02. The molecule has 0 bridgehead atoms. The Kier molecular flexibility index (Phi) is 5.71. The lowest BCUT2D eigenvalue weighted by molar-refractivity contribution is -0.117. The molecule has 0 saturated carbocycles. The van der Waals surface area contributed by atoms with Crippen LogP contribution in [0.15, 0.2) is 53.3 Å². The van der Waals surface area contributed by atoms with E-state index in [0.717, 1.165) is 46.8 Å². The molecule has 8 nitrogen and oxygen atoms in total. The number of amides is 1. The molecule has 1 fully saturated rings. The van der Waals surface area contributed by atoms with Gasteiger partial charge in [0, 0.05) is 41.5 Å². The fourth-order valence-electron chi connectivity index (χ4n) is 5.09. The number of allylic oxidation sites excluding steroid dienone is 1. The maximum atomic E-state index is 13.2. The van der Waals surface area contributed by atoms with E-state index in [-0.39, 0.29) is 17.5 Å². The molecule has 1 amide bonds. The van der Waals surface area contributed by atoms with Crippen molar-refractivity contribution in [2.75, 3.05) is 30.0 Å². The zero-order valence-electron chi connectivity index (χ0n) is 20.1. The van der Waals surface area contributed by atoms with Gasteiger partial charge in [-0.3, -0.25) is 9.59 Å². The number of benzene rings is 2. The number of ether oxygens (including phenoxy) is 2. The van der Waals surface area contributed by atoms with E-state index < -0.39 is 0 Å². The molecule has 2 unspecified atom stereocenters. The number of H-pyrrole nitrogens is 1. The Balaban J connectivity index is 1.19. The number of hydrogen-bond donors (Lipinski definition) is 2. The molecule has 184 valence electrons. The molecule has 6 rings (SSSR count). The zero-order valence-corrected chi connectivity index (χ0v) is 20.1. The molecule has 1 aliphatic carbocycles. The van der Waals surface area contributed by atoms with Gasteiger partial charge >= 0.3 is 0 Å². The van der Waals surface area contributed by atoms with Crippen LogP contribution in [-0.4, -0.2) is 41.9 Å². The highest BCUT2D eigenvalue weighted by Crippen LogP contribution is 2.34. The normalized spacial score (nSPS) is 20.7. The van der Waals surface area contributed by atoms with E-state index in [1.54, 1.807) is 0 Å². The van der Waals surface area contributed by atoms with Gasteiger partial charge in [0.1, 0.15) is 6.04 Å². The maximum Gasteiger partial charge on any atom is 0.271 e. The third kappa shape index (κ3) is 4.12. The lowest BCUT2D eigenvalue weighted by atomic mass is 9.89. The molecular formula is C28H28N4O4. The van der Waals surface area contributed by atoms with Crippen LogP contribution in [0.25, 0.3) is 17.3 Å². The summed E-state index contributed by atoms with van der Waals surface area (Å²) in [4.78, 5) is 27.3. The number of aromatic amines is 1. The van der Waals surface area contributed by atoms with Crippen LogP contribution in [0.4, 0.5) is 11.4 Å². The number of carbonyl (C=O) groups excluding carboxylic acids is 1. The molecule has 3 aromatic rings. The molecule has 1 saturated heterocycles. The molecule has 36 heavy (non-hydrogen) atoms. The first-order valence-corrected chi connectivity index (χ1v) is 12.4. The summed E-state index contributed by atoms with van der Waals surface area (Å²) in [6, 6.07) is 13.2. The summed E-state index contributed by atoms with van der Waals surface area (Å²) in [7, 11) is 0. The minimum absolute atomic E-state index is 0.0355. The van der Waals surface area contributed by atoms with Gasteiger partial charge in [0.05, 0.1) is 18.9 Å². The van der Waals surface area contributed by atoms with E-state index in [1.807, 2.05) is 53.4 Å². The topological polar surface area (TPSA) is 96.6 Å². The van der Waals surface area contributed by atoms with Crippen molar-refractivity contribution in [3.05, 3.63) is 70.0 Å². The number of carbonyl (C=O) groups is 1. The summed E-state index contributed by atoms with van der Waals surface area (Å²) in [6.07, 6.45) is 6.27. The lowest BCUT2D eigenvalue weighted by Crippen LogP contribution is -2.33. The Morgan fingerprint density at radius 1 is 1.06 bits per heavy atom. The quantitative estimate of drug-likeness (QED) is 0.581. The Labute approximate surface area is 208 Å². The fraction of sp³-hybridized carbons (Fsp3) is 0.321. The van der Waals surface area contributed by atoms with Crippen LogP contribution in [0.1, 0.15) is 30.9 Å². The first-order valence-electron chi connectivity index (χ1n) is 12.4. The highest BCUT2D eigenvalue weighted by molar-refractivity contribution is 6.01. The van der Waals surface area contributed by atoms with E-state index in [2.05, 4.69) is 28.5 Å². The van der Waals surface area contributed by atoms with E-state index >= 15 is 0 Å². The second-order valence-corrected chi connectivity index (χ2v) is 9.57. The Morgan fingerprint density at radius 2 is 1.86 bits per heavy atom. The molecule has 2 N–H and O–H groups in total. The Morgan fingerprint density at radius 3 is 2.69 bits per heavy atom. The lowest BCUT2D eigenvalue weighted by Gasteiger charge is -2.20. The van der Waals surface area contributed by atoms with Crippen molar-refractivity contribution >= 4 is 23.4 Å². The van der Waals surface area contributed by atoms with Gasteiger partial charge in [-0.2, -0.15) is 5.10 Å². The van der Waals surface area contributed by atoms with Gasteiger partial charge in [0.15, 0.2) is 11.5 Å². The van der Waals surface area contributed by atoms with Gasteiger partial charge in [-0.1, -0.05) is 31.2 Å². The van der Waals surface area contributed by atoms with Crippen molar-refractivity contribution in [2.24, 2.45) is 5.92 Å². The minimum Gasteiger partial charge on any atom is -0.490 e. The molecule has 2 aliphatic heterocycles. The highest BCUT2D eigenvalue weighted by Gasteiger charge is 2.33. The van der Waals surface area contributed by atoms with Crippen LogP contribution in [0.3, 0.4) is 0 Å². The van der Waals surface area contributed by atoms with Crippen LogP contribution in [-0.2, 0) is 11.2 Å². The molecule has 2 aromatic carbocycles. The first-order chi connectivity index (χ1) is 17.6. The second kappa shape index (κ2) is 9.18. The van der Waals surface area contributed by atoms with Gasteiger partial charge in [-0.25, -0.2) is 5.10 Å². The smallest absolute Gasteiger partial charge is 0.271 e. The largest absolute Gasteiger partial charge is 0.490 e. The maximum absolute atomic E-state index is 13.2. The highest BCUT2D eigenvalue weighted by atomic mass is 16.5. The van der Waals surface area contributed by atoms with Gasteiger partial charge in [0.25, 0.3) is 5.56 Å². The van der Waals surface area contributed by atoms with Gasteiger partial charge in [0.2, 0.25) is 5.91 Å². The van der Waals surface area contributed by atoms with Crippen LogP contribution >= 0.6 is 0 Å². The minimum atomic E-state index is -0.310. The van der Waals surface area contributed by atoms with Crippen molar-refractivity contribution < 1.29 is 14.3 Å². The zero-order chi connectivity index (χ0) is 24.6. The van der Waals surface area contributed by atoms with E-state index in [9.17, 15) is 9.59 Å². The molecule has 1 aromatic heterocycles. The van der Waals surface area contributed by atoms with Gasteiger partial charge < -0.3 is 19.7 Å². The Hall–Kier alpha value is -4.07. The summed E-state index contributed by atoms with van der Waals surface area (Å²) < 4.78 is 11.5. The van der Waals surface area contributed by atoms with E-state index in [1.165, 1.54) is 0 Å². The molecule has 0 radical (unpaired) electrons. The van der Waals surface area contributed by atoms with Gasteiger partial charge in [-0.15, -0.1) is 0 Å². The number of fused-ring (bicyclic) bond motifs is 2. The monoisotopic (exact) mass is 484 g/mol. The third-order valence-corrected chi connectivity index (χ3v) is 6.99. The SMILES string of the molecule is CC1C=Cc2c(c(-c3ccc(N4CCC(Nc5ccc6c(c5)OCCCO6)C4=O)cc3)n[nH]c2=O)C1. The average molecular weight is 485 g/mol. The fourth-order valence-corrected chi connectivity index (χ4v) is 5.09. The molecule has 2 atom stereocenters. The summed E-state index contributed by atoms with van der Waals surface area (Å²) >= 11 is 0. The van der Waals surface area contributed by atoms with Crippen molar-refractivity contribution in [2.45, 2.75) is 32.2 Å². The van der Waals surface area contributed by atoms with E-state index in [0.29, 0.717) is 43.4 Å². The Bertz CT molecular complexity index is 1400. The number of anilines is 2. The van der Waals surface area contributed by atoms with Crippen LogP contribution < -0.4 is 25.2 Å². The predicted molar refractivity (Wildman–Crippen MR) is 139 cm³/mol. The summed E-state index contributed by atoms with van der Waals surface area (Å²) in [5, 5.41) is 10.3. The van der Waals surface area contributed by atoms with Crippen molar-refractivity contribution in [1.82, 2.24) is 10.2 Å². The van der Waals surface area contributed by atoms with Crippen LogP contribution in [0.2, 0.25) is 0 Å². The molecule has 3 aliphatic rings. The summed E-state index contributed by atoms with van der Waals surface area (Å²) in [5.74, 6) is 1.83. The van der Waals surface area contributed by atoms with Crippen LogP contribution in [0.5, 0.6) is 11.5 Å².